The van der Waals surface area contributed by atoms with Crippen LogP contribution in [-0.2, 0) is 4.74 Å². The number of carbonyl (C=O) groups is 1. The van der Waals surface area contributed by atoms with Crippen LogP contribution >= 0.6 is 0 Å². The van der Waals surface area contributed by atoms with E-state index in [1.165, 1.54) is 12.1 Å². The number of nitrogens with one attached hydrogen (secondary N) is 2. The highest BCUT2D eigenvalue weighted by atomic mass is 19.2. The predicted molar refractivity (Wildman–Crippen MR) is 81.3 cm³/mol. The number of ether oxygens (including phenoxy) is 1. The second-order valence-electron chi connectivity index (χ2n) is 4.75. The van der Waals surface area contributed by atoms with Crippen molar-refractivity contribution < 1.29 is 22.7 Å². The first kappa shape index (κ1) is 17.7. The van der Waals surface area contributed by atoms with Crippen molar-refractivity contribution in [3.63, 3.8) is 0 Å². The minimum atomic E-state index is -1.66. The average Bonchev–Trinajstić information content (AvgIpc) is 2.59. The molecule has 0 aliphatic carbocycles. The molecule has 0 fully saturated rings. The Morgan fingerprint density at radius 1 is 1.12 bits per heavy atom. The van der Waals surface area contributed by atoms with Crippen LogP contribution in [0.25, 0.3) is 0 Å². The lowest BCUT2D eigenvalue weighted by Gasteiger charge is -2.07. The van der Waals surface area contributed by atoms with Gasteiger partial charge in [0.25, 0.3) is 5.91 Å². The smallest absolute Gasteiger partial charge is 0.276 e. The van der Waals surface area contributed by atoms with Crippen LogP contribution in [0, 0.1) is 17.5 Å². The Bertz CT molecular complexity index is 711. The molecule has 1 aromatic heterocycles. The normalized spacial score (nSPS) is 10.5. The van der Waals surface area contributed by atoms with Gasteiger partial charge in [0.1, 0.15) is 5.82 Å². The van der Waals surface area contributed by atoms with E-state index in [9.17, 15) is 18.0 Å². The number of anilines is 2. The van der Waals surface area contributed by atoms with Gasteiger partial charge in [0.2, 0.25) is 0 Å². The molecule has 0 radical (unpaired) electrons. The van der Waals surface area contributed by atoms with Gasteiger partial charge < -0.3 is 15.4 Å². The fourth-order valence-electron chi connectivity index (χ4n) is 1.79. The van der Waals surface area contributed by atoms with Crippen molar-refractivity contribution >= 4 is 17.4 Å². The summed E-state index contributed by atoms with van der Waals surface area (Å²) in [6.07, 6.45) is 0.774. The number of aromatic nitrogens is 2. The maximum atomic E-state index is 13.5. The Kier molecular flexibility index (Phi) is 6.07. The summed E-state index contributed by atoms with van der Waals surface area (Å²) < 4.78 is 44.4. The molecule has 9 heteroatoms. The molecule has 1 heterocycles. The predicted octanol–water partition coefficient (Wildman–Crippen LogP) is 2.59. The van der Waals surface area contributed by atoms with Crippen LogP contribution in [0.15, 0.2) is 24.3 Å². The van der Waals surface area contributed by atoms with Gasteiger partial charge in [-0.05, 0) is 30.7 Å². The molecule has 0 saturated carbocycles. The molecule has 0 aliphatic rings. The van der Waals surface area contributed by atoms with Crippen molar-refractivity contribution in [3.05, 3.63) is 47.4 Å². The van der Waals surface area contributed by atoms with Crippen molar-refractivity contribution in [1.82, 2.24) is 10.2 Å². The molecule has 24 heavy (non-hydrogen) atoms. The molecule has 1 amide bonds. The van der Waals surface area contributed by atoms with E-state index < -0.39 is 29.0 Å². The Morgan fingerprint density at radius 2 is 1.92 bits per heavy atom. The second kappa shape index (κ2) is 8.25. The van der Waals surface area contributed by atoms with Crippen molar-refractivity contribution in [2.45, 2.75) is 6.42 Å². The van der Waals surface area contributed by atoms with Gasteiger partial charge in [-0.2, -0.15) is 0 Å². The number of amides is 1. The van der Waals surface area contributed by atoms with E-state index in [2.05, 4.69) is 20.8 Å². The number of hydrogen-bond acceptors (Lipinski definition) is 5. The largest absolute Gasteiger partial charge is 0.385 e. The summed E-state index contributed by atoms with van der Waals surface area (Å²) in [6, 6.07) is 4.53. The average molecular weight is 340 g/mol. The van der Waals surface area contributed by atoms with Crippen molar-refractivity contribution in [3.8, 4) is 0 Å². The van der Waals surface area contributed by atoms with Crippen LogP contribution < -0.4 is 10.6 Å². The summed E-state index contributed by atoms with van der Waals surface area (Å²) in [5.74, 6) is -4.81. The van der Waals surface area contributed by atoms with Gasteiger partial charge in [0.05, 0.1) is 5.69 Å². The minimum Gasteiger partial charge on any atom is -0.385 e. The van der Waals surface area contributed by atoms with E-state index in [4.69, 9.17) is 4.74 Å². The molecule has 2 rings (SSSR count). The van der Waals surface area contributed by atoms with Crippen molar-refractivity contribution in [1.29, 1.82) is 0 Å². The van der Waals surface area contributed by atoms with Gasteiger partial charge in [-0.1, -0.05) is 0 Å². The zero-order valence-electron chi connectivity index (χ0n) is 12.8. The lowest BCUT2D eigenvalue weighted by molar-refractivity contribution is 0.102. The molecule has 0 saturated heterocycles. The van der Waals surface area contributed by atoms with Crippen LogP contribution in [-0.4, -0.2) is 36.4 Å². The summed E-state index contributed by atoms with van der Waals surface area (Å²) in [5, 5.41) is 12.6. The SMILES string of the molecule is COCCCNc1ccc(C(=O)Nc2ccc(F)c(F)c2F)nn1. The van der Waals surface area contributed by atoms with E-state index >= 15 is 0 Å². The number of hydrogen-bond donors (Lipinski definition) is 2. The van der Waals surface area contributed by atoms with Crippen LogP contribution in [0.3, 0.4) is 0 Å². The van der Waals surface area contributed by atoms with Gasteiger partial charge >= 0.3 is 0 Å². The summed E-state index contributed by atoms with van der Waals surface area (Å²) in [7, 11) is 1.60. The lowest BCUT2D eigenvalue weighted by atomic mass is 10.2. The van der Waals surface area contributed by atoms with Gasteiger partial charge in [0, 0.05) is 20.3 Å². The summed E-state index contributed by atoms with van der Waals surface area (Å²) in [6.45, 7) is 1.22. The highest BCUT2D eigenvalue weighted by Gasteiger charge is 2.16. The number of carbonyl (C=O) groups excluding carboxylic acids is 1. The molecule has 0 bridgehead atoms. The molecule has 128 valence electrons. The number of rotatable bonds is 7. The first-order valence-electron chi connectivity index (χ1n) is 7.04. The fourth-order valence-corrected chi connectivity index (χ4v) is 1.79. The van der Waals surface area contributed by atoms with E-state index in [0.717, 1.165) is 12.5 Å². The van der Waals surface area contributed by atoms with Gasteiger partial charge in [0.15, 0.2) is 23.1 Å². The first-order valence-corrected chi connectivity index (χ1v) is 7.04. The Labute approximate surface area is 136 Å². The Hall–Kier alpha value is -2.68. The highest BCUT2D eigenvalue weighted by molar-refractivity contribution is 6.02. The number of benzene rings is 1. The fraction of sp³-hybridized carbons (Fsp3) is 0.267. The number of halogens is 3. The molecule has 0 spiro atoms. The third-order valence-corrected chi connectivity index (χ3v) is 3.01. The molecule has 6 nitrogen and oxygen atoms in total. The monoisotopic (exact) mass is 340 g/mol. The van der Waals surface area contributed by atoms with E-state index in [1.807, 2.05) is 0 Å². The molecule has 0 aliphatic heterocycles. The first-order chi connectivity index (χ1) is 11.5. The maximum Gasteiger partial charge on any atom is 0.276 e. The number of nitrogens with zero attached hydrogens (tertiary/aromatic N) is 2. The number of methoxy groups -OCH3 is 1. The Balaban J connectivity index is 1.99. The summed E-state index contributed by atoms with van der Waals surface area (Å²) in [5.41, 5.74) is -0.580. The van der Waals surface area contributed by atoms with Crippen LogP contribution in [0.4, 0.5) is 24.7 Å². The highest BCUT2D eigenvalue weighted by Crippen LogP contribution is 2.20. The van der Waals surface area contributed by atoms with Crippen molar-refractivity contribution in [2.75, 3.05) is 30.9 Å². The van der Waals surface area contributed by atoms with Crippen LogP contribution in [0.5, 0.6) is 0 Å². The quantitative estimate of drug-likeness (QED) is 0.598. The minimum absolute atomic E-state index is 0.0958. The lowest BCUT2D eigenvalue weighted by Crippen LogP contribution is -2.16. The molecular formula is C15H15F3N4O2. The van der Waals surface area contributed by atoms with E-state index in [-0.39, 0.29) is 5.69 Å². The zero-order chi connectivity index (χ0) is 17.5. The molecule has 2 N–H and O–H groups in total. The zero-order valence-corrected chi connectivity index (χ0v) is 12.8. The molecule has 0 atom stereocenters. The molecule has 0 unspecified atom stereocenters. The topological polar surface area (TPSA) is 76.1 Å². The van der Waals surface area contributed by atoms with Gasteiger partial charge in [-0.15, -0.1) is 10.2 Å². The standard InChI is InChI=1S/C15H15F3N4O2/c1-24-8-2-7-19-12-6-5-11(21-22-12)15(23)20-10-4-3-9(16)13(17)14(10)18/h3-6H,2,7-8H2,1H3,(H,19,22)(H,20,23). The third kappa shape index (κ3) is 4.42. The third-order valence-electron chi connectivity index (χ3n) is 3.01. The van der Waals surface area contributed by atoms with E-state index in [1.54, 1.807) is 7.11 Å². The van der Waals surface area contributed by atoms with Crippen molar-refractivity contribution in [2.24, 2.45) is 0 Å². The molecular weight excluding hydrogens is 325 g/mol. The van der Waals surface area contributed by atoms with Gasteiger partial charge in [-0.25, -0.2) is 13.2 Å². The van der Waals surface area contributed by atoms with E-state index in [0.29, 0.717) is 25.0 Å². The molecule has 2 aromatic rings. The van der Waals surface area contributed by atoms with Crippen LogP contribution in [0.2, 0.25) is 0 Å². The molecule has 1 aromatic carbocycles. The summed E-state index contributed by atoms with van der Waals surface area (Å²) >= 11 is 0. The van der Waals surface area contributed by atoms with Gasteiger partial charge in [-0.3, -0.25) is 4.79 Å². The maximum absolute atomic E-state index is 13.5. The second-order valence-corrected chi connectivity index (χ2v) is 4.75. The summed E-state index contributed by atoms with van der Waals surface area (Å²) in [4.78, 5) is 11.9. The van der Waals surface area contributed by atoms with Crippen LogP contribution in [0.1, 0.15) is 16.9 Å². The Morgan fingerprint density at radius 3 is 2.58 bits per heavy atom.